The van der Waals surface area contributed by atoms with Gasteiger partial charge >= 0.3 is 0 Å². The molecule has 5 nitrogen and oxygen atoms in total. The lowest BCUT2D eigenvalue weighted by Gasteiger charge is -2.12. The zero-order valence-electron chi connectivity index (χ0n) is 17.7. The first kappa shape index (κ1) is 22.8. The molecule has 0 saturated carbocycles. The topological polar surface area (TPSA) is 47.4 Å². The number of rotatable bonds is 7. The van der Waals surface area contributed by atoms with Crippen molar-refractivity contribution in [2.75, 3.05) is 13.7 Å². The highest BCUT2D eigenvalue weighted by atomic mass is 79.9. The molecule has 0 spiro atoms. The molecular formula is C24H22BrN3O2S2. The summed E-state index contributed by atoms with van der Waals surface area (Å²) in [5.41, 5.74) is 3.48. The number of nitrogens with zero attached hydrogens (tertiary/aromatic N) is 3. The standard InChI is InChI=1S/C24H22BrN3O2S2/c1-3-4-12-27-23(29)21(32-24(27)31)14-17-15-28(18-8-6-5-7-9-18)26-22(17)16-10-11-20(30-2)19(25)13-16/h5-11,13-15H,3-4,12H2,1-2H3. The van der Waals surface area contributed by atoms with Gasteiger partial charge in [-0.05, 0) is 58.8 Å². The zero-order valence-corrected chi connectivity index (χ0v) is 21.0. The molecule has 0 aliphatic carbocycles. The highest BCUT2D eigenvalue weighted by Gasteiger charge is 2.31. The predicted octanol–water partition coefficient (Wildman–Crippen LogP) is 6.31. The SMILES string of the molecule is CCCCN1C(=O)C(=Cc2cn(-c3ccccc3)nc2-c2ccc(OC)c(Br)c2)SC1=S. The lowest BCUT2D eigenvalue weighted by Crippen LogP contribution is -2.28. The number of para-hydroxylation sites is 1. The van der Waals surface area contributed by atoms with E-state index in [1.807, 2.05) is 65.5 Å². The second kappa shape index (κ2) is 10.0. The summed E-state index contributed by atoms with van der Waals surface area (Å²) in [6.07, 6.45) is 5.78. The smallest absolute Gasteiger partial charge is 0.266 e. The van der Waals surface area contributed by atoms with Crippen LogP contribution < -0.4 is 4.74 Å². The summed E-state index contributed by atoms with van der Waals surface area (Å²) in [5.74, 6) is 0.706. The van der Waals surface area contributed by atoms with Gasteiger partial charge in [0.05, 0.1) is 22.2 Å². The Kier molecular flexibility index (Phi) is 7.13. The molecular weight excluding hydrogens is 506 g/mol. The van der Waals surface area contributed by atoms with Gasteiger partial charge in [0.15, 0.2) is 0 Å². The average molecular weight is 528 g/mol. The average Bonchev–Trinajstić information content (AvgIpc) is 3.34. The molecule has 2 heterocycles. The van der Waals surface area contributed by atoms with Crippen molar-refractivity contribution in [3.05, 3.63) is 69.7 Å². The van der Waals surface area contributed by atoms with Crippen molar-refractivity contribution in [3.63, 3.8) is 0 Å². The Balaban J connectivity index is 1.78. The van der Waals surface area contributed by atoms with E-state index >= 15 is 0 Å². The molecule has 1 aliphatic heterocycles. The molecule has 1 saturated heterocycles. The number of thioether (sulfide) groups is 1. The number of unbranched alkanes of at least 4 members (excludes halogenated alkanes) is 1. The fourth-order valence-corrected chi connectivity index (χ4v) is 5.23. The summed E-state index contributed by atoms with van der Waals surface area (Å²) in [4.78, 5) is 15.3. The van der Waals surface area contributed by atoms with Crippen LogP contribution in [0.4, 0.5) is 0 Å². The van der Waals surface area contributed by atoms with Gasteiger partial charge < -0.3 is 4.74 Å². The highest BCUT2D eigenvalue weighted by Crippen LogP contribution is 2.36. The lowest BCUT2D eigenvalue weighted by molar-refractivity contribution is -0.122. The fraction of sp³-hybridized carbons (Fsp3) is 0.208. The molecule has 1 aromatic heterocycles. The maximum atomic E-state index is 13.0. The Morgan fingerprint density at radius 1 is 1.22 bits per heavy atom. The quantitative estimate of drug-likeness (QED) is 0.266. The molecule has 0 N–H and O–H groups in total. The molecule has 0 atom stereocenters. The number of aromatic nitrogens is 2. The van der Waals surface area contributed by atoms with Crippen LogP contribution in [0.1, 0.15) is 25.3 Å². The molecule has 4 rings (SSSR count). The molecule has 2 aromatic carbocycles. The summed E-state index contributed by atoms with van der Waals surface area (Å²) in [6.45, 7) is 2.75. The molecule has 0 bridgehead atoms. The second-order valence-electron chi connectivity index (χ2n) is 7.25. The van der Waals surface area contributed by atoms with E-state index in [0.717, 1.165) is 45.6 Å². The number of methoxy groups -OCH3 is 1. The van der Waals surface area contributed by atoms with Gasteiger partial charge in [-0.25, -0.2) is 4.68 Å². The van der Waals surface area contributed by atoms with Crippen LogP contribution in [0.15, 0.2) is 64.1 Å². The van der Waals surface area contributed by atoms with Gasteiger partial charge in [-0.15, -0.1) is 0 Å². The molecule has 1 fully saturated rings. The maximum absolute atomic E-state index is 13.0. The van der Waals surface area contributed by atoms with Crippen molar-refractivity contribution in [2.24, 2.45) is 0 Å². The number of carbonyl (C=O) groups is 1. The van der Waals surface area contributed by atoms with Gasteiger partial charge in [-0.1, -0.05) is 55.5 Å². The van der Waals surface area contributed by atoms with Crippen LogP contribution >= 0.6 is 39.9 Å². The van der Waals surface area contributed by atoms with Crippen molar-refractivity contribution in [3.8, 4) is 22.7 Å². The van der Waals surface area contributed by atoms with Crippen LogP contribution in [-0.4, -0.2) is 38.6 Å². The monoisotopic (exact) mass is 527 g/mol. The number of benzene rings is 2. The molecule has 1 aliphatic rings. The minimum Gasteiger partial charge on any atom is -0.496 e. The van der Waals surface area contributed by atoms with E-state index in [0.29, 0.717) is 15.8 Å². The van der Waals surface area contributed by atoms with Gasteiger partial charge in [-0.2, -0.15) is 5.10 Å². The van der Waals surface area contributed by atoms with E-state index in [9.17, 15) is 4.79 Å². The number of halogens is 1. The summed E-state index contributed by atoms with van der Waals surface area (Å²) < 4.78 is 8.64. The van der Waals surface area contributed by atoms with Crippen LogP contribution in [0.5, 0.6) is 5.75 Å². The van der Waals surface area contributed by atoms with Crippen LogP contribution in [0.3, 0.4) is 0 Å². The minimum atomic E-state index is -0.0391. The normalized spacial score (nSPS) is 15.1. The number of hydrogen-bond acceptors (Lipinski definition) is 5. The number of thiocarbonyl (C=S) groups is 1. The van der Waals surface area contributed by atoms with Crippen LogP contribution in [0, 0.1) is 0 Å². The Morgan fingerprint density at radius 3 is 2.69 bits per heavy atom. The van der Waals surface area contributed by atoms with E-state index in [1.54, 1.807) is 12.0 Å². The first-order valence-corrected chi connectivity index (χ1v) is 12.3. The van der Waals surface area contributed by atoms with Gasteiger partial charge in [0.2, 0.25) is 0 Å². The first-order valence-electron chi connectivity index (χ1n) is 10.3. The summed E-state index contributed by atoms with van der Waals surface area (Å²) in [6, 6.07) is 15.7. The van der Waals surface area contributed by atoms with E-state index < -0.39 is 0 Å². The van der Waals surface area contributed by atoms with Crippen molar-refractivity contribution >= 4 is 56.2 Å². The predicted molar refractivity (Wildman–Crippen MR) is 138 cm³/mol. The van der Waals surface area contributed by atoms with Crippen LogP contribution in [0.2, 0.25) is 0 Å². The third-order valence-corrected chi connectivity index (χ3v) is 7.08. The maximum Gasteiger partial charge on any atom is 0.266 e. The lowest BCUT2D eigenvalue weighted by atomic mass is 10.1. The van der Waals surface area contributed by atoms with E-state index in [1.165, 1.54) is 11.8 Å². The summed E-state index contributed by atoms with van der Waals surface area (Å²) in [5, 5.41) is 4.85. The molecule has 1 amide bonds. The third kappa shape index (κ3) is 4.67. The summed E-state index contributed by atoms with van der Waals surface area (Å²) >= 11 is 10.4. The fourth-order valence-electron chi connectivity index (χ4n) is 3.39. The molecule has 164 valence electrons. The third-order valence-electron chi connectivity index (χ3n) is 5.08. The van der Waals surface area contributed by atoms with Gasteiger partial charge in [0.1, 0.15) is 15.8 Å². The summed E-state index contributed by atoms with van der Waals surface area (Å²) in [7, 11) is 1.63. The van der Waals surface area contributed by atoms with Crippen LogP contribution in [0.25, 0.3) is 23.0 Å². The largest absolute Gasteiger partial charge is 0.496 e. The Bertz CT molecular complexity index is 1190. The number of hydrogen-bond donors (Lipinski definition) is 0. The molecule has 0 radical (unpaired) electrons. The minimum absolute atomic E-state index is 0.0391. The Labute approximate surface area is 205 Å². The molecule has 32 heavy (non-hydrogen) atoms. The highest BCUT2D eigenvalue weighted by molar-refractivity contribution is 9.10. The van der Waals surface area contributed by atoms with Gasteiger partial charge in [0.25, 0.3) is 5.91 Å². The van der Waals surface area contributed by atoms with Crippen molar-refractivity contribution in [1.29, 1.82) is 0 Å². The second-order valence-corrected chi connectivity index (χ2v) is 9.78. The molecule has 3 aromatic rings. The van der Waals surface area contributed by atoms with Gasteiger partial charge in [0, 0.05) is 23.9 Å². The van der Waals surface area contributed by atoms with E-state index in [-0.39, 0.29) is 5.91 Å². The molecule has 0 unspecified atom stereocenters. The van der Waals surface area contributed by atoms with E-state index in [4.69, 9.17) is 22.1 Å². The Hall–Kier alpha value is -2.42. The zero-order chi connectivity index (χ0) is 22.7. The van der Waals surface area contributed by atoms with Crippen molar-refractivity contribution in [2.45, 2.75) is 19.8 Å². The Morgan fingerprint density at radius 2 is 2.00 bits per heavy atom. The van der Waals surface area contributed by atoms with Crippen LogP contribution in [-0.2, 0) is 4.79 Å². The van der Waals surface area contributed by atoms with E-state index in [2.05, 4.69) is 22.9 Å². The van der Waals surface area contributed by atoms with Gasteiger partial charge in [-0.3, -0.25) is 9.69 Å². The number of ether oxygens (including phenoxy) is 1. The first-order chi connectivity index (χ1) is 15.5. The number of carbonyl (C=O) groups excluding carboxylic acids is 1. The number of amides is 1. The van der Waals surface area contributed by atoms with Crippen molar-refractivity contribution in [1.82, 2.24) is 14.7 Å². The van der Waals surface area contributed by atoms with Crippen molar-refractivity contribution < 1.29 is 9.53 Å². The molecule has 8 heteroatoms.